The number of ether oxygens (including phenoxy) is 1. The van der Waals surface area contributed by atoms with Gasteiger partial charge in [-0.3, -0.25) is 4.79 Å². The highest BCUT2D eigenvalue weighted by molar-refractivity contribution is 7.17. The molecule has 7 heteroatoms. The molecule has 0 fully saturated rings. The summed E-state index contributed by atoms with van der Waals surface area (Å²) in [5, 5.41) is 2.16. The molecule has 0 atom stereocenters. The van der Waals surface area contributed by atoms with E-state index in [2.05, 4.69) is 9.97 Å². The van der Waals surface area contributed by atoms with Gasteiger partial charge in [0.25, 0.3) is 5.56 Å². The Balaban J connectivity index is 1.97. The number of thiophene rings is 1. The number of fused-ring (bicyclic) bond motifs is 1. The molecule has 4 aromatic rings. The standard InChI is InChI=1S/C20H14F2N2O2S/c1-10-6-7-15(26-2)11(8-10)12-9-27-20-16(12)19(25)23-18(24-20)17-13(21)4-3-5-14(17)22/h3-9H,1-2H3,(H,23,24,25). The summed E-state index contributed by atoms with van der Waals surface area (Å²) in [5.41, 5.74) is 1.64. The van der Waals surface area contributed by atoms with E-state index in [-0.39, 0.29) is 11.4 Å². The van der Waals surface area contributed by atoms with Gasteiger partial charge in [0.05, 0.1) is 18.1 Å². The summed E-state index contributed by atoms with van der Waals surface area (Å²) in [6.07, 6.45) is 0. The molecule has 0 saturated carbocycles. The number of nitrogens with one attached hydrogen (secondary N) is 1. The molecule has 2 aromatic carbocycles. The monoisotopic (exact) mass is 384 g/mol. The van der Waals surface area contributed by atoms with Gasteiger partial charge in [-0.2, -0.15) is 0 Å². The third kappa shape index (κ3) is 2.90. The van der Waals surface area contributed by atoms with E-state index in [1.165, 1.54) is 17.4 Å². The maximum absolute atomic E-state index is 14.1. The molecule has 4 nitrogen and oxygen atoms in total. The van der Waals surface area contributed by atoms with Crippen molar-refractivity contribution in [2.24, 2.45) is 0 Å². The highest BCUT2D eigenvalue weighted by Crippen LogP contribution is 2.37. The molecule has 0 unspecified atom stereocenters. The number of H-pyrrole nitrogens is 1. The zero-order valence-corrected chi connectivity index (χ0v) is 15.3. The lowest BCUT2D eigenvalue weighted by atomic mass is 10.0. The summed E-state index contributed by atoms with van der Waals surface area (Å²) in [6.45, 7) is 1.94. The molecule has 1 N–H and O–H groups in total. The van der Waals surface area contributed by atoms with Crippen molar-refractivity contribution in [1.29, 1.82) is 0 Å². The lowest BCUT2D eigenvalue weighted by molar-refractivity contribution is 0.416. The van der Waals surface area contributed by atoms with E-state index in [1.54, 1.807) is 12.5 Å². The number of aryl methyl sites for hydroxylation is 1. The van der Waals surface area contributed by atoms with E-state index in [1.807, 2.05) is 25.1 Å². The van der Waals surface area contributed by atoms with E-state index in [0.29, 0.717) is 21.5 Å². The second-order valence-corrected chi connectivity index (χ2v) is 6.90. The minimum absolute atomic E-state index is 0.132. The van der Waals surface area contributed by atoms with Gasteiger partial charge < -0.3 is 9.72 Å². The first kappa shape index (κ1) is 17.4. The SMILES string of the molecule is COc1ccc(C)cc1-c1csc2nc(-c3c(F)cccc3F)[nH]c(=O)c12. The fraction of sp³-hybridized carbons (Fsp3) is 0.100. The second-order valence-electron chi connectivity index (χ2n) is 6.04. The predicted octanol–water partition coefficient (Wildman–Crippen LogP) is 4.91. The number of hydrogen-bond donors (Lipinski definition) is 1. The van der Waals surface area contributed by atoms with Crippen molar-refractivity contribution >= 4 is 21.6 Å². The van der Waals surface area contributed by atoms with E-state index in [0.717, 1.165) is 23.3 Å². The van der Waals surface area contributed by atoms with Crippen molar-refractivity contribution in [2.45, 2.75) is 6.92 Å². The number of rotatable bonds is 3. The molecule has 4 rings (SSSR count). The van der Waals surface area contributed by atoms with Crippen LogP contribution in [-0.4, -0.2) is 17.1 Å². The van der Waals surface area contributed by atoms with Crippen molar-refractivity contribution in [1.82, 2.24) is 9.97 Å². The van der Waals surface area contributed by atoms with Crippen LogP contribution in [0.5, 0.6) is 5.75 Å². The van der Waals surface area contributed by atoms with Crippen LogP contribution in [0.2, 0.25) is 0 Å². The van der Waals surface area contributed by atoms with Crippen LogP contribution in [0.15, 0.2) is 46.6 Å². The molecule has 0 aliphatic heterocycles. The number of nitrogens with zero attached hydrogens (tertiary/aromatic N) is 1. The Labute approximate surface area is 157 Å². The molecule has 0 spiro atoms. The lowest BCUT2D eigenvalue weighted by Gasteiger charge is -2.09. The summed E-state index contributed by atoms with van der Waals surface area (Å²) >= 11 is 1.24. The lowest BCUT2D eigenvalue weighted by Crippen LogP contribution is -2.10. The fourth-order valence-electron chi connectivity index (χ4n) is 3.02. The smallest absolute Gasteiger partial charge is 0.260 e. The second kappa shape index (κ2) is 6.59. The van der Waals surface area contributed by atoms with Crippen molar-refractivity contribution in [3.8, 4) is 28.3 Å². The molecule has 0 saturated heterocycles. The third-order valence-corrected chi connectivity index (χ3v) is 5.16. The van der Waals surface area contributed by atoms with Gasteiger partial charge in [-0.05, 0) is 31.2 Å². The molecular formula is C20H14F2N2O2S. The zero-order valence-electron chi connectivity index (χ0n) is 14.5. The van der Waals surface area contributed by atoms with Gasteiger partial charge in [0.15, 0.2) is 0 Å². The Kier molecular flexibility index (Phi) is 4.24. The number of aromatic nitrogens is 2. The largest absolute Gasteiger partial charge is 0.496 e. The normalized spacial score (nSPS) is 11.1. The Morgan fingerprint density at radius 1 is 1.11 bits per heavy atom. The highest BCUT2D eigenvalue weighted by atomic mass is 32.1. The van der Waals surface area contributed by atoms with Crippen LogP contribution in [0.4, 0.5) is 8.78 Å². The van der Waals surface area contributed by atoms with Crippen LogP contribution in [0.25, 0.3) is 32.7 Å². The number of methoxy groups -OCH3 is 1. The Hall–Kier alpha value is -3.06. The fourth-order valence-corrected chi connectivity index (χ4v) is 3.96. The summed E-state index contributed by atoms with van der Waals surface area (Å²) in [5.74, 6) is -1.07. The highest BCUT2D eigenvalue weighted by Gasteiger charge is 2.19. The Morgan fingerprint density at radius 2 is 1.85 bits per heavy atom. The van der Waals surface area contributed by atoms with Crippen LogP contribution in [0, 0.1) is 18.6 Å². The van der Waals surface area contributed by atoms with Crippen molar-refractivity contribution in [3.63, 3.8) is 0 Å². The molecule has 2 aromatic heterocycles. The maximum atomic E-state index is 14.1. The minimum Gasteiger partial charge on any atom is -0.496 e. The van der Waals surface area contributed by atoms with E-state index >= 15 is 0 Å². The summed E-state index contributed by atoms with van der Waals surface area (Å²) in [6, 6.07) is 9.18. The van der Waals surface area contributed by atoms with Gasteiger partial charge in [0, 0.05) is 16.5 Å². The maximum Gasteiger partial charge on any atom is 0.260 e. The number of hydrogen-bond acceptors (Lipinski definition) is 4. The summed E-state index contributed by atoms with van der Waals surface area (Å²) in [4.78, 5) is 20.0. The van der Waals surface area contributed by atoms with Crippen LogP contribution >= 0.6 is 11.3 Å². The van der Waals surface area contributed by atoms with Crippen molar-refractivity contribution < 1.29 is 13.5 Å². The molecule has 0 aliphatic rings. The van der Waals surface area contributed by atoms with E-state index in [4.69, 9.17) is 4.74 Å². The van der Waals surface area contributed by atoms with Gasteiger partial charge in [0.2, 0.25) is 0 Å². The third-order valence-electron chi connectivity index (χ3n) is 4.29. The molecule has 136 valence electrons. The average Bonchev–Trinajstić information content (AvgIpc) is 3.06. The molecule has 0 bridgehead atoms. The Bertz CT molecular complexity index is 1210. The zero-order chi connectivity index (χ0) is 19.1. The van der Waals surface area contributed by atoms with E-state index in [9.17, 15) is 13.6 Å². The first-order chi connectivity index (χ1) is 13.0. The first-order valence-electron chi connectivity index (χ1n) is 8.10. The molecule has 27 heavy (non-hydrogen) atoms. The molecule has 0 amide bonds. The summed E-state index contributed by atoms with van der Waals surface area (Å²) in [7, 11) is 1.56. The van der Waals surface area contributed by atoms with Gasteiger partial charge in [-0.25, -0.2) is 13.8 Å². The van der Waals surface area contributed by atoms with Crippen LogP contribution in [-0.2, 0) is 0 Å². The van der Waals surface area contributed by atoms with Crippen molar-refractivity contribution in [3.05, 3.63) is 69.3 Å². The quantitative estimate of drug-likeness (QED) is 0.546. The first-order valence-corrected chi connectivity index (χ1v) is 8.98. The predicted molar refractivity (Wildman–Crippen MR) is 102 cm³/mol. The van der Waals surface area contributed by atoms with Crippen LogP contribution in [0.1, 0.15) is 5.56 Å². The molecule has 0 radical (unpaired) electrons. The van der Waals surface area contributed by atoms with Crippen LogP contribution < -0.4 is 10.3 Å². The number of benzene rings is 2. The van der Waals surface area contributed by atoms with E-state index < -0.39 is 17.2 Å². The van der Waals surface area contributed by atoms with Crippen molar-refractivity contribution in [2.75, 3.05) is 7.11 Å². The van der Waals surface area contributed by atoms with Gasteiger partial charge in [-0.15, -0.1) is 11.3 Å². The van der Waals surface area contributed by atoms with Gasteiger partial charge >= 0.3 is 0 Å². The van der Waals surface area contributed by atoms with Crippen LogP contribution in [0.3, 0.4) is 0 Å². The van der Waals surface area contributed by atoms with Gasteiger partial charge in [-0.1, -0.05) is 17.7 Å². The molecule has 0 aliphatic carbocycles. The molecular weight excluding hydrogens is 370 g/mol. The number of halogens is 2. The number of aromatic amines is 1. The average molecular weight is 384 g/mol. The van der Waals surface area contributed by atoms with Gasteiger partial charge in [0.1, 0.15) is 28.0 Å². The summed E-state index contributed by atoms with van der Waals surface area (Å²) < 4.78 is 33.5. The topological polar surface area (TPSA) is 55.0 Å². The molecule has 2 heterocycles. The Morgan fingerprint density at radius 3 is 2.56 bits per heavy atom. The minimum atomic E-state index is -0.783.